The molecule has 0 aromatic heterocycles. The largest absolute Gasteiger partial charge is 0.488 e. The summed E-state index contributed by atoms with van der Waals surface area (Å²) in [5.74, 6) is 0.684. The maximum absolute atomic E-state index is 11.2. The molecule has 1 aromatic rings. The van der Waals surface area contributed by atoms with Crippen molar-refractivity contribution < 1.29 is 9.53 Å². The average Bonchev–Trinajstić information content (AvgIpc) is 2.70. The van der Waals surface area contributed by atoms with E-state index in [1.807, 2.05) is 32.0 Å². The molecule has 1 amide bonds. The highest BCUT2D eigenvalue weighted by Gasteiger charge is 2.26. The Hall–Kier alpha value is -1.55. The van der Waals surface area contributed by atoms with Crippen molar-refractivity contribution in [3.63, 3.8) is 0 Å². The minimum atomic E-state index is -0.522. The van der Waals surface area contributed by atoms with E-state index >= 15 is 0 Å². The average molecular weight is 248 g/mol. The molecule has 1 aromatic carbocycles. The zero-order valence-corrected chi connectivity index (χ0v) is 10.9. The molecule has 0 bridgehead atoms. The van der Waals surface area contributed by atoms with Gasteiger partial charge in [0.2, 0.25) is 5.91 Å². The number of benzene rings is 1. The zero-order valence-electron chi connectivity index (χ0n) is 10.9. The third kappa shape index (κ3) is 2.82. The van der Waals surface area contributed by atoms with Crippen molar-refractivity contribution in [3.05, 3.63) is 29.8 Å². The summed E-state index contributed by atoms with van der Waals surface area (Å²) in [7, 11) is 0. The van der Waals surface area contributed by atoms with E-state index in [9.17, 15) is 4.79 Å². The first kappa shape index (κ1) is 12.9. The number of primary amides is 1. The fourth-order valence-corrected chi connectivity index (χ4v) is 2.00. The number of nitrogens with two attached hydrogens (primary N) is 1. The van der Waals surface area contributed by atoms with Gasteiger partial charge in [0.05, 0.1) is 5.41 Å². The number of para-hydroxylation sites is 1. The van der Waals surface area contributed by atoms with Crippen LogP contribution in [0.3, 0.4) is 0 Å². The van der Waals surface area contributed by atoms with Crippen LogP contribution in [0, 0.1) is 5.41 Å². The lowest BCUT2D eigenvalue weighted by Gasteiger charge is -2.22. The highest BCUT2D eigenvalue weighted by Crippen LogP contribution is 2.27. The van der Waals surface area contributed by atoms with Crippen LogP contribution in [-0.4, -0.2) is 25.1 Å². The maximum atomic E-state index is 11.2. The van der Waals surface area contributed by atoms with Crippen LogP contribution in [-0.2, 0) is 11.2 Å². The van der Waals surface area contributed by atoms with Crippen LogP contribution in [0.15, 0.2) is 24.3 Å². The van der Waals surface area contributed by atoms with Crippen LogP contribution in [0.5, 0.6) is 5.75 Å². The van der Waals surface area contributed by atoms with Crippen LogP contribution in [0.4, 0.5) is 0 Å². The Morgan fingerprint density at radius 2 is 2.22 bits per heavy atom. The SMILES string of the molecule is CC(C)(CNCC1Cc2ccccc2O1)C(N)=O. The van der Waals surface area contributed by atoms with Gasteiger partial charge in [-0.2, -0.15) is 0 Å². The normalized spacial score (nSPS) is 18.2. The number of carbonyl (C=O) groups excluding carboxylic acids is 1. The van der Waals surface area contributed by atoms with E-state index in [1.54, 1.807) is 0 Å². The Balaban J connectivity index is 1.79. The topological polar surface area (TPSA) is 64.3 Å². The second-order valence-electron chi connectivity index (χ2n) is 5.43. The summed E-state index contributed by atoms with van der Waals surface area (Å²) in [5.41, 5.74) is 6.05. The van der Waals surface area contributed by atoms with Gasteiger partial charge in [-0.15, -0.1) is 0 Å². The Kier molecular flexibility index (Phi) is 3.57. The summed E-state index contributed by atoms with van der Waals surface area (Å²) in [6.45, 7) is 4.98. The number of ether oxygens (including phenoxy) is 1. The smallest absolute Gasteiger partial charge is 0.224 e. The molecule has 1 aliphatic heterocycles. The molecule has 0 spiro atoms. The molecule has 0 saturated heterocycles. The van der Waals surface area contributed by atoms with Crippen molar-refractivity contribution >= 4 is 5.91 Å². The molecule has 4 heteroatoms. The van der Waals surface area contributed by atoms with Crippen molar-refractivity contribution in [3.8, 4) is 5.75 Å². The highest BCUT2D eigenvalue weighted by molar-refractivity contribution is 5.80. The molecular formula is C14H20N2O2. The molecule has 1 aliphatic rings. The fraction of sp³-hybridized carbons (Fsp3) is 0.500. The Morgan fingerprint density at radius 1 is 1.50 bits per heavy atom. The maximum Gasteiger partial charge on any atom is 0.224 e. The monoisotopic (exact) mass is 248 g/mol. The molecule has 0 saturated carbocycles. The molecule has 0 fully saturated rings. The molecule has 4 nitrogen and oxygen atoms in total. The van der Waals surface area contributed by atoms with E-state index in [0.29, 0.717) is 6.54 Å². The van der Waals surface area contributed by atoms with Crippen molar-refractivity contribution in [2.75, 3.05) is 13.1 Å². The van der Waals surface area contributed by atoms with Crippen molar-refractivity contribution in [2.24, 2.45) is 11.1 Å². The van der Waals surface area contributed by atoms with E-state index in [2.05, 4.69) is 11.4 Å². The summed E-state index contributed by atoms with van der Waals surface area (Å²) in [6.07, 6.45) is 1.06. The van der Waals surface area contributed by atoms with Gasteiger partial charge in [0.15, 0.2) is 0 Å². The molecule has 0 radical (unpaired) electrons. The predicted molar refractivity (Wildman–Crippen MR) is 70.4 cm³/mol. The highest BCUT2D eigenvalue weighted by atomic mass is 16.5. The minimum absolute atomic E-state index is 0.145. The van der Waals surface area contributed by atoms with Gasteiger partial charge in [-0.05, 0) is 25.5 Å². The lowest BCUT2D eigenvalue weighted by atomic mass is 9.93. The van der Waals surface area contributed by atoms with Gasteiger partial charge in [-0.3, -0.25) is 4.79 Å². The van der Waals surface area contributed by atoms with E-state index in [1.165, 1.54) is 5.56 Å². The molecule has 1 heterocycles. The summed E-state index contributed by atoms with van der Waals surface area (Å²) in [6, 6.07) is 8.07. The summed E-state index contributed by atoms with van der Waals surface area (Å²) < 4.78 is 5.80. The third-order valence-corrected chi connectivity index (χ3v) is 3.32. The summed E-state index contributed by atoms with van der Waals surface area (Å²) in [5, 5.41) is 3.26. The second-order valence-corrected chi connectivity index (χ2v) is 5.43. The lowest BCUT2D eigenvalue weighted by Crippen LogP contribution is -2.43. The summed E-state index contributed by atoms with van der Waals surface area (Å²) >= 11 is 0. The van der Waals surface area contributed by atoms with E-state index < -0.39 is 5.41 Å². The fourth-order valence-electron chi connectivity index (χ4n) is 2.00. The zero-order chi connectivity index (χ0) is 13.2. The van der Waals surface area contributed by atoms with Crippen LogP contribution in [0.2, 0.25) is 0 Å². The van der Waals surface area contributed by atoms with Crippen molar-refractivity contribution in [2.45, 2.75) is 26.4 Å². The van der Waals surface area contributed by atoms with E-state index in [4.69, 9.17) is 10.5 Å². The third-order valence-electron chi connectivity index (χ3n) is 3.32. The van der Waals surface area contributed by atoms with Gasteiger partial charge >= 0.3 is 0 Å². The number of carbonyl (C=O) groups is 1. The van der Waals surface area contributed by atoms with Crippen LogP contribution in [0.1, 0.15) is 19.4 Å². The van der Waals surface area contributed by atoms with Gasteiger partial charge in [-0.1, -0.05) is 18.2 Å². The van der Waals surface area contributed by atoms with Crippen LogP contribution >= 0.6 is 0 Å². The number of hydrogen-bond acceptors (Lipinski definition) is 3. The quantitative estimate of drug-likeness (QED) is 0.820. The minimum Gasteiger partial charge on any atom is -0.488 e. The number of hydrogen-bond donors (Lipinski definition) is 2. The Morgan fingerprint density at radius 3 is 2.89 bits per heavy atom. The van der Waals surface area contributed by atoms with Crippen molar-refractivity contribution in [1.82, 2.24) is 5.32 Å². The molecule has 18 heavy (non-hydrogen) atoms. The molecular weight excluding hydrogens is 228 g/mol. The molecule has 3 N–H and O–H groups in total. The van der Waals surface area contributed by atoms with Crippen LogP contribution in [0.25, 0.3) is 0 Å². The first-order chi connectivity index (χ1) is 8.49. The van der Waals surface area contributed by atoms with Crippen LogP contribution < -0.4 is 15.8 Å². The lowest BCUT2D eigenvalue weighted by molar-refractivity contribution is -0.125. The number of fused-ring (bicyclic) bond motifs is 1. The van der Waals surface area contributed by atoms with Crippen molar-refractivity contribution in [1.29, 1.82) is 0 Å². The van der Waals surface area contributed by atoms with E-state index in [0.717, 1.165) is 18.7 Å². The number of amides is 1. The first-order valence-electron chi connectivity index (χ1n) is 6.24. The van der Waals surface area contributed by atoms with Gasteiger partial charge in [0, 0.05) is 19.5 Å². The predicted octanol–water partition coefficient (Wildman–Crippen LogP) is 1.09. The molecule has 1 atom stereocenters. The van der Waals surface area contributed by atoms with Gasteiger partial charge in [0.1, 0.15) is 11.9 Å². The van der Waals surface area contributed by atoms with E-state index in [-0.39, 0.29) is 12.0 Å². The van der Waals surface area contributed by atoms with Gasteiger partial charge in [0.25, 0.3) is 0 Å². The number of rotatable bonds is 5. The molecule has 1 unspecified atom stereocenters. The summed E-state index contributed by atoms with van der Waals surface area (Å²) in [4.78, 5) is 11.2. The molecule has 2 rings (SSSR count). The standard InChI is InChI=1S/C14H20N2O2/c1-14(2,13(15)17)9-16-8-11-7-10-5-3-4-6-12(10)18-11/h3-6,11,16H,7-9H2,1-2H3,(H2,15,17). The first-order valence-corrected chi connectivity index (χ1v) is 6.24. The number of nitrogens with one attached hydrogen (secondary N) is 1. The molecule has 98 valence electrons. The second kappa shape index (κ2) is 4.98. The Labute approximate surface area is 108 Å². The molecule has 0 aliphatic carbocycles. The Bertz CT molecular complexity index is 418. The van der Waals surface area contributed by atoms with Gasteiger partial charge in [-0.25, -0.2) is 0 Å². The van der Waals surface area contributed by atoms with Gasteiger partial charge < -0.3 is 15.8 Å².